The van der Waals surface area contributed by atoms with E-state index in [9.17, 15) is 9.59 Å². The molecule has 0 bridgehead atoms. The van der Waals surface area contributed by atoms with E-state index in [-0.39, 0.29) is 13.2 Å². The van der Waals surface area contributed by atoms with E-state index in [0.29, 0.717) is 5.69 Å². The van der Waals surface area contributed by atoms with Crippen molar-refractivity contribution >= 4 is 11.9 Å². The van der Waals surface area contributed by atoms with E-state index >= 15 is 0 Å². The Morgan fingerprint density at radius 3 is 2.93 bits per heavy atom. The molecule has 0 aliphatic carbocycles. The van der Waals surface area contributed by atoms with Crippen LogP contribution in [0.25, 0.3) is 0 Å². The Balaban J connectivity index is 2.38. The zero-order chi connectivity index (χ0) is 11.1. The zero-order valence-corrected chi connectivity index (χ0v) is 8.27. The van der Waals surface area contributed by atoms with Crippen LogP contribution in [0.3, 0.4) is 0 Å². The molecule has 1 rings (SSSR count). The van der Waals surface area contributed by atoms with Gasteiger partial charge in [-0.05, 0) is 19.1 Å². The van der Waals surface area contributed by atoms with Gasteiger partial charge in [-0.15, -0.1) is 0 Å². The molecule has 15 heavy (non-hydrogen) atoms. The van der Waals surface area contributed by atoms with E-state index in [1.54, 1.807) is 19.1 Å². The van der Waals surface area contributed by atoms with Crippen LogP contribution < -0.4 is 5.32 Å². The van der Waals surface area contributed by atoms with E-state index in [2.05, 4.69) is 20.3 Å². The Kier molecular flexibility index (Phi) is 4.21. The second-order valence-corrected chi connectivity index (χ2v) is 2.62. The summed E-state index contributed by atoms with van der Waals surface area (Å²) in [5.74, 6) is -1.66. The average molecular weight is 209 g/mol. The first kappa shape index (κ1) is 11.1. The summed E-state index contributed by atoms with van der Waals surface area (Å²) in [4.78, 5) is 22.0. The van der Waals surface area contributed by atoms with Crippen molar-refractivity contribution in [2.75, 3.05) is 6.61 Å². The van der Waals surface area contributed by atoms with E-state index in [4.69, 9.17) is 0 Å². The fourth-order valence-electron chi connectivity index (χ4n) is 0.867. The van der Waals surface area contributed by atoms with Crippen LogP contribution in [0.2, 0.25) is 0 Å². The quantitative estimate of drug-likeness (QED) is 0.544. The van der Waals surface area contributed by atoms with Crippen molar-refractivity contribution in [1.29, 1.82) is 0 Å². The molecule has 0 spiro atoms. The summed E-state index contributed by atoms with van der Waals surface area (Å²) < 4.78 is 4.51. The van der Waals surface area contributed by atoms with Crippen LogP contribution in [-0.2, 0) is 20.9 Å². The van der Waals surface area contributed by atoms with Crippen molar-refractivity contribution in [3.63, 3.8) is 0 Å². The van der Waals surface area contributed by atoms with Gasteiger partial charge in [0.2, 0.25) is 0 Å². The molecule has 0 unspecified atom stereocenters. The summed E-state index contributed by atoms with van der Waals surface area (Å²) >= 11 is 0. The Bertz CT molecular complexity index is 340. The number of aromatic nitrogens is 2. The number of hydrogen-bond acceptors (Lipinski definition) is 5. The maximum atomic E-state index is 11.1. The predicted octanol–water partition coefficient (Wildman–Crippen LogP) is -0.344. The normalized spacial score (nSPS) is 9.40. The number of ether oxygens (including phenoxy) is 1. The minimum absolute atomic E-state index is 0.158. The van der Waals surface area contributed by atoms with Crippen molar-refractivity contribution in [3.05, 3.63) is 24.0 Å². The maximum Gasteiger partial charge on any atom is 0.396 e. The van der Waals surface area contributed by atoms with Gasteiger partial charge in [0.05, 0.1) is 18.8 Å². The molecule has 0 saturated carbocycles. The second-order valence-electron chi connectivity index (χ2n) is 2.62. The average Bonchev–Trinajstić information content (AvgIpc) is 2.27. The molecule has 0 aromatic carbocycles. The summed E-state index contributed by atoms with van der Waals surface area (Å²) in [6, 6.07) is 3.39. The molecular weight excluding hydrogens is 198 g/mol. The Labute approximate surface area is 86.7 Å². The maximum absolute atomic E-state index is 11.1. The molecule has 1 aromatic heterocycles. The molecule has 6 nitrogen and oxygen atoms in total. The summed E-state index contributed by atoms with van der Waals surface area (Å²) in [5.41, 5.74) is 0.579. The number of hydrogen-bond donors (Lipinski definition) is 1. The van der Waals surface area contributed by atoms with E-state index in [1.807, 2.05) is 0 Å². The number of amides is 1. The predicted molar refractivity (Wildman–Crippen MR) is 50.5 cm³/mol. The molecule has 1 heterocycles. The minimum atomic E-state index is -0.888. The molecule has 1 amide bonds. The lowest BCUT2D eigenvalue weighted by Gasteiger charge is -2.02. The van der Waals surface area contributed by atoms with Crippen molar-refractivity contribution in [2.24, 2.45) is 0 Å². The highest BCUT2D eigenvalue weighted by atomic mass is 16.5. The summed E-state index contributed by atoms with van der Waals surface area (Å²) in [6.45, 7) is 1.97. The molecule has 0 saturated heterocycles. The smallest absolute Gasteiger partial charge is 0.396 e. The van der Waals surface area contributed by atoms with Gasteiger partial charge in [-0.2, -0.15) is 10.2 Å². The van der Waals surface area contributed by atoms with Gasteiger partial charge in [-0.3, -0.25) is 4.79 Å². The van der Waals surface area contributed by atoms with Crippen molar-refractivity contribution < 1.29 is 14.3 Å². The number of nitrogens with one attached hydrogen (secondary N) is 1. The van der Waals surface area contributed by atoms with Crippen LogP contribution in [0.15, 0.2) is 18.3 Å². The molecule has 80 valence electrons. The fourth-order valence-corrected chi connectivity index (χ4v) is 0.867. The molecule has 0 fully saturated rings. The van der Waals surface area contributed by atoms with Crippen molar-refractivity contribution in [1.82, 2.24) is 15.5 Å². The van der Waals surface area contributed by atoms with Crippen LogP contribution in [0, 0.1) is 0 Å². The number of nitrogens with zero attached hydrogens (tertiary/aromatic N) is 2. The standard InChI is InChI=1S/C9H11N3O3/c1-2-15-9(14)8(13)10-6-7-4-3-5-11-12-7/h3-5H,2,6H2,1H3,(H,10,13). The second kappa shape index (κ2) is 5.69. The van der Waals surface area contributed by atoms with Gasteiger partial charge in [0, 0.05) is 6.20 Å². The molecule has 6 heteroatoms. The summed E-state index contributed by atoms with van der Waals surface area (Å²) in [5, 5.41) is 9.73. The minimum Gasteiger partial charge on any atom is -0.459 e. The number of rotatable bonds is 3. The fraction of sp³-hybridized carbons (Fsp3) is 0.333. The van der Waals surface area contributed by atoms with Gasteiger partial charge in [0.15, 0.2) is 0 Å². The molecule has 0 atom stereocenters. The number of carbonyl (C=O) groups is 2. The highest BCUT2D eigenvalue weighted by Crippen LogP contribution is 1.89. The topological polar surface area (TPSA) is 81.2 Å². The third-order valence-electron chi connectivity index (χ3n) is 1.52. The third-order valence-corrected chi connectivity index (χ3v) is 1.52. The van der Waals surface area contributed by atoms with Crippen LogP contribution in [-0.4, -0.2) is 28.7 Å². The van der Waals surface area contributed by atoms with Crippen molar-refractivity contribution in [3.8, 4) is 0 Å². The van der Waals surface area contributed by atoms with E-state index < -0.39 is 11.9 Å². The first-order valence-corrected chi connectivity index (χ1v) is 4.45. The summed E-state index contributed by atoms with van der Waals surface area (Å²) in [7, 11) is 0. The highest BCUT2D eigenvalue weighted by molar-refractivity contribution is 6.32. The number of carbonyl (C=O) groups excluding carboxylic acids is 2. The number of esters is 1. The van der Waals surface area contributed by atoms with Gasteiger partial charge in [0.1, 0.15) is 0 Å². The van der Waals surface area contributed by atoms with Gasteiger partial charge >= 0.3 is 11.9 Å². The molecule has 1 N–H and O–H groups in total. The van der Waals surface area contributed by atoms with Crippen LogP contribution in [0.5, 0.6) is 0 Å². The third kappa shape index (κ3) is 3.72. The van der Waals surface area contributed by atoms with Gasteiger partial charge in [0.25, 0.3) is 0 Å². The lowest BCUT2D eigenvalue weighted by Crippen LogP contribution is -2.32. The largest absolute Gasteiger partial charge is 0.459 e. The molecular formula is C9H11N3O3. The molecule has 1 aromatic rings. The van der Waals surface area contributed by atoms with Crippen LogP contribution in [0.4, 0.5) is 0 Å². The first-order chi connectivity index (χ1) is 7.24. The zero-order valence-electron chi connectivity index (χ0n) is 8.27. The SMILES string of the molecule is CCOC(=O)C(=O)NCc1cccnn1. The Hall–Kier alpha value is -1.98. The highest BCUT2D eigenvalue weighted by Gasteiger charge is 2.13. The first-order valence-electron chi connectivity index (χ1n) is 4.45. The monoisotopic (exact) mass is 209 g/mol. The Morgan fingerprint density at radius 1 is 1.53 bits per heavy atom. The lowest BCUT2D eigenvalue weighted by atomic mass is 10.4. The van der Waals surface area contributed by atoms with E-state index in [0.717, 1.165) is 0 Å². The molecule has 0 radical (unpaired) electrons. The van der Waals surface area contributed by atoms with Crippen molar-refractivity contribution in [2.45, 2.75) is 13.5 Å². The Morgan fingerprint density at radius 2 is 2.33 bits per heavy atom. The molecule has 0 aliphatic heterocycles. The van der Waals surface area contributed by atoms with Gasteiger partial charge in [-0.25, -0.2) is 4.79 Å². The van der Waals surface area contributed by atoms with Gasteiger partial charge < -0.3 is 10.1 Å². The van der Waals surface area contributed by atoms with Crippen LogP contribution >= 0.6 is 0 Å². The molecule has 0 aliphatic rings. The van der Waals surface area contributed by atoms with Crippen LogP contribution in [0.1, 0.15) is 12.6 Å². The summed E-state index contributed by atoms with van der Waals surface area (Å²) in [6.07, 6.45) is 1.52. The lowest BCUT2D eigenvalue weighted by molar-refractivity contribution is -0.154. The van der Waals surface area contributed by atoms with E-state index in [1.165, 1.54) is 6.20 Å². The van der Waals surface area contributed by atoms with Gasteiger partial charge in [-0.1, -0.05) is 0 Å².